The first-order valence-electron chi connectivity index (χ1n) is 4.31. The Morgan fingerprint density at radius 1 is 1.20 bits per heavy atom. The molecule has 0 aliphatic carbocycles. The number of alkyl halides is 3. The van der Waals surface area contributed by atoms with Crippen LogP contribution in [-0.4, -0.2) is 5.75 Å². The van der Waals surface area contributed by atoms with E-state index in [2.05, 4.69) is 24.5 Å². The van der Waals surface area contributed by atoms with E-state index in [4.69, 9.17) is 0 Å². The number of rotatable bonds is 1. The van der Waals surface area contributed by atoms with Crippen LogP contribution in [0.3, 0.4) is 0 Å². The zero-order valence-electron chi connectivity index (χ0n) is 7.80. The second-order valence-electron chi connectivity index (χ2n) is 2.82. The lowest BCUT2D eigenvalue weighted by Crippen LogP contribution is -2.07. The molecule has 0 N–H and O–H groups in total. The molecular formula is C11H9F3S. The molecule has 0 saturated carbocycles. The number of hydrogen-bond donors (Lipinski definition) is 1. The topological polar surface area (TPSA) is 0 Å². The third kappa shape index (κ3) is 3.52. The zero-order valence-corrected chi connectivity index (χ0v) is 8.70. The van der Waals surface area contributed by atoms with E-state index >= 15 is 0 Å². The molecular weight excluding hydrogens is 221 g/mol. The van der Waals surface area contributed by atoms with E-state index in [-0.39, 0.29) is 5.56 Å². The molecule has 1 rings (SSSR count). The van der Waals surface area contributed by atoms with Gasteiger partial charge in [-0.15, -0.1) is 0 Å². The average Bonchev–Trinajstić information content (AvgIpc) is 2.17. The first-order valence-corrected chi connectivity index (χ1v) is 4.95. The van der Waals surface area contributed by atoms with Gasteiger partial charge in [-0.3, -0.25) is 0 Å². The lowest BCUT2D eigenvalue weighted by molar-refractivity contribution is -0.137. The van der Waals surface area contributed by atoms with Crippen LogP contribution in [0.1, 0.15) is 17.5 Å². The molecule has 1 aromatic carbocycles. The highest BCUT2D eigenvalue weighted by Crippen LogP contribution is 2.31. The Bertz CT molecular complexity index is 385. The molecule has 0 heterocycles. The fourth-order valence-electron chi connectivity index (χ4n) is 1.05. The molecule has 0 saturated heterocycles. The van der Waals surface area contributed by atoms with E-state index in [0.29, 0.717) is 12.2 Å². The Morgan fingerprint density at radius 3 is 2.47 bits per heavy atom. The first-order chi connectivity index (χ1) is 7.05. The highest BCUT2D eigenvalue weighted by atomic mass is 32.1. The lowest BCUT2D eigenvalue weighted by Gasteiger charge is -2.07. The van der Waals surface area contributed by atoms with Crippen molar-refractivity contribution in [1.29, 1.82) is 0 Å². The van der Waals surface area contributed by atoms with E-state index in [1.165, 1.54) is 12.1 Å². The monoisotopic (exact) mass is 230 g/mol. The molecule has 80 valence electrons. The van der Waals surface area contributed by atoms with Crippen molar-refractivity contribution in [2.75, 3.05) is 5.75 Å². The van der Waals surface area contributed by atoms with E-state index in [1.807, 2.05) is 0 Å². The van der Waals surface area contributed by atoms with Crippen LogP contribution < -0.4 is 0 Å². The predicted molar refractivity (Wildman–Crippen MR) is 56.8 cm³/mol. The lowest BCUT2D eigenvalue weighted by atomic mass is 10.1. The van der Waals surface area contributed by atoms with E-state index in [1.54, 1.807) is 6.07 Å². The van der Waals surface area contributed by atoms with Crippen LogP contribution in [0.25, 0.3) is 0 Å². The highest BCUT2D eigenvalue weighted by molar-refractivity contribution is 7.80. The summed E-state index contributed by atoms with van der Waals surface area (Å²) in [6, 6.07) is 5.30. The van der Waals surface area contributed by atoms with Gasteiger partial charge >= 0.3 is 6.18 Å². The van der Waals surface area contributed by atoms with Crippen molar-refractivity contribution in [3.05, 3.63) is 35.4 Å². The van der Waals surface area contributed by atoms with Gasteiger partial charge in [-0.2, -0.15) is 25.8 Å². The standard InChI is InChI=1S/C11H9F3S/c12-11(13,14)10-7-2-1-5-9(10)6-3-4-8-15/h1-2,5,7,15H,4,8H2. The number of thiol groups is 1. The third-order valence-corrected chi connectivity index (χ3v) is 1.92. The predicted octanol–water partition coefficient (Wildman–Crippen LogP) is 3.38. The summed E-state index contributed by atoms with van der Waals surface area (Å²) in [7, 11) is 0. The van der Waals surface area contributed by atoms with Gasteiger partial charge in [-0.05, 0) is 12.1 Å². The molecule has 0 atom stereocenters. The van der Waals surface area contributed by atoms with Gasteiger partial charge in [0.2, 0.25) is 0 Å². The fraction of sp³-hybridized carbons (Fsp3) is 0.273. The van der Waals surface area contributed by atoms with Gasteiger partial charge < -0.3 is 0 Å². The van der Waals surface area contributed by atoms with Crippen LogP contribution in [0, 0.1) is 11.8 Å². The van der Waals surface area contributed by atoms with Crippen LogP contribution in [0.4, 0.5) is 13.2 Å². The van der Waals surface area contributed by atoms with Gasteiger partial charge in [0.1, 0.15) is 0 Å². The van der Waals surface area contributed by atoms with Crippen LogP contribution in [0.15, 0.2) is 24.3 Å². The summed E-state index contributed by atoms with van der Waals surface area (Å²) < 4.78 is 37.4. The largest absolute Gasteiger partial charge is 0.417 e. The van der Waals surface area contributed by atoms with Gasteiger partial charge in [0.05, 0.1) is 5.56 Å². The minimum atomic E-state index is -4.34. The smallest absolute Gasteiger partial charge is 0.178 e. The molecule has 4 heteroatoms. The van der Waals surface area contributed by atoms with Crippen molar-refractivity contribution in [2.24, 2.45) is 0 Å². The molecule has 1 aromatic rings. The Morgan fingerprint density at radius 2 is 1.87 bits per heavy atom. The molecule has 0 nitrogen and oxygen atoms in total. The summed E-state index contributed by atoms with van der Waals surface area (Å²) in [5.74, 6) is 5.68. The summed E-state index contributed by atoms with van der Waals surface area (Å²) in [6.07, 6.45) is -3.86. The molecule has 0 unspecified atom stereocenters. The number of hydrogen-bond acceptors (Lipinski definition) is 1. The highest BCUT2D eigenvalue weighted by Gasteiger charge is 2.32. The Hall–Kier alpha value is -1.08. The third-order valence-electron chi connectivity index (χ3n) is 1.69. The maximum Gasteiger partial charge on any atom is 0.417 e. The molecule has 0 aromatic heterocycles. The Balaban J connectivity index is 3.04. The number of halogens is 3. The van der Waals surface area contributed by atoms with Crippen LogP contribution in [0.2, 0.25) is 0 Å². The molecule has 0 aliphatic rings. The van der Waals surface area contributed by atoms with Gasteiger partial charge in [-0.1, -0.05) is 24.0 Å². The van der Waals surface area contributed by atoms with Gasteiger partial charge in [-0.25, -0.2) is 0 Å². The number of benzene rings is 1. The van der Waals surface area contributed by atoms with Gasteiger partial charge in [0, 0.05) is 17.7 Å². The molecule has 0 spiro atoms. The minimum Gasteiger partial charge on any atom is -0.178 e. The maximum atomic E-state index is 12.5. The second kappa shape index (κ2) is 5.13. The van der Waals surface area contributed by atoms with Gasteiger partial charge in [0.15, 0.2) is 0 Å². The van der Waals surface area contributed by atoms with Crippen molar-refractivity contribution in [3.63, 3.8) is 0 Å². The van der Waals surface area contributed by atoms with Crippen molar-refractivity contribution < 1.29 is 13.2 Å². The van der Waals surface area contributed by atoms with Crippen LogP contribution in [-0.2, 0) is 6.18 Å². The molecule has 0 fully saturated rings. The Labute approximate surface area is 91.9 Å². The summed E-state index contributed by atoms with van der Waals surface area (Å²) in [5, 5.41) is 0. The summed E-state index contributed by atoms with van der Waals surface area (Å²) in [4.78, 5) is 0. The van der Waals surface area contributed by atoms with Crippen molar-refractivity contribution >= 4 is 12.6 Å². The summed E-state index contributed by atoms with van der Waals surface area (Å²) in [6.45, 7) is 0. The molecule has 0 amide bonds. The Kier molecular flexibility index (Phi) is 4.10. The summed E-state index contributed by atoms with van der Waals surface area (Å²) in [5.41, 5.74) is -0.663. The van der Waals surface area contributed by atoms with E-state index in [9.17, 15) is 13.2 Å². The molecule has 0 aliphatic heterocycles. The quantitative estimate of drug-likeness (QED) is 0.555. The SMILES string of the molecule is FC(F)(F)c1ccccc1C#CCCS. The molecule has 0 radical (unpaired) electrons. The average molecular weight is 230 g/mol. The zero-order chi connectivity index (χ0) is 11.3. The normalized spacial score (nSPS) is 10.7. The van der Waals surface area contributed by atoms with E-state index in [0.717, 1.165) is 6.07 Å². The molecule has 15 heavy (non-hydrogen) atoms. The summed E-state index contributed by atoms with van der Waals surface area (Å²) >= 11 is 3.93. The fourth-order valence-corrected chi connectivity index (χ4v) is 1.16. The minimum absolute atomic E-state index is 0.0202. The van der Waals surface area contributed by atoms with Crippen molar-refractivity contribution in [2.45, 2.75) is 12.6 Å². The van der Waals surface area contributed by atoms with Crippen LogP contribution in [0.5, 0.6) is 0 Å². The van der Waals surface area contributed by atoms with E-state index < -0.39 is 11.7 Å². The molecule has 0 bridgehead atoms. The van der Waals surface area contributed by atoms with Crippen molar-refractivity contribution in [1.82, 2.24) is 0 Å². The van der Waals surface area contributed by atoms with Crippen LogP contribution >= 0.6 is 12.6 Å². The second-order valence-corrected chi connectivity index (χ2v) is 3.27. The first kappa shape index (κ1) is 12.0. The van der Waals surface area contributed by atoms with Crippen molar-refractivity contribution in [3.8, 4) is 11.8 Å². The maximum absolute atomic E-state index is 12.5. The van der Waals surface area contributed by atoms with Gasteiger partial charge in [0.25, 0.3) is 0 Å².